The lowest BCUT2D eigenvalue weighted by atomic mass is 9.70. The van der Waals surface area contributed by atoms with Crippen molar-refractivity contribution in [3.8, 4) is 0 Å². The van der Waals surface area contributed by atoms with Crippen molar-refractivity contribution >= 4 is 17.7 Å². The van der Waals surface area contributed by atoms with Crippen molar-refractivity contribution in [2.45, 2.75) is 33.3 Å². The van der Waals surface area contributed by atoms with Crippen LogP contribution in [-0.4, -0.2) is 34.5 Å². The zero-order valence-corrected chi connectivity index (χ0v) is 13.3. The first-order valence-corrected chi connectivity index (χ1v) is 7.52. The van der Waals surface area contributed by atoms with E-state index in [0.29, 0.717) is 12.8 Å². The summed E-state index contributed by atoms with van der Waals surface area (Å²) in [4.78, 5) is 35.1. The highest BCUT2D eigenvalue weighted by Crippen LogP contribution is 2.35. The highest BCUT2D eigenvalue weighted by molar-refractivity contribution is 6.39. The largest absolute Gasteiger partial charge is 0.480 e. The molecule has 0 aliphatic heterocycles. The Hall–Kier alpha value is -2.21. The van der Waals surface area contributed by atoms with Crippen LogP contribution in [0.1, 0.15) is 32.3 Å². The average molecular weight is 322 g/mol. The minimum absolute atomic E-state index is 0.114. The number of carboxylic acids is 2. The van der Waals surface area contributed by atoms with E-state index in [1.54, 1.807) is 26.0 Å². The minimum atomic E-state index is -2.07. The number of hydrogen-bond acceptors (Lipinski definition) is 4. The second kappa shape index (κ2) is 8.43. The van der Waals surface area contributed by atoms with E-state index in [-0.39, 0.29) is 6.61 Å². The van der Waals surface area contributed by atoms with Crippen molar-refractivity contribution in [3.05, 3.63) is 35.9 Å². The van der Waals surface area contributed by atoms with Crippen molar-refractivity contribution in [2.24, 2.45) is 11.3 Å². The van der Waals surface area contributed by atoms with Gasteiger partial charge in [-0.25, -0.2) is 4.79 Å². The topological polar surface area (TPSA) is 101 Å². The number of carboxylic acid groups (broad SMARTS) is 2. The molecule has 23 heavy (non-hydrogen) atoms. The van der Waals surface area contributed by atoms with Gasteiger partial charge >= 0.3 is 11.9 Å². The lowest BCUT2D eigenvalue weighted by Gasteiger charge is -2.33. The zero-order chi connectivity index (χ0) is 17.5. The lowest BCUT2D eigenvalue weighted by Crippen LogP contribution is -2.52. The Morgan fingerprint density at radius 2 is 1.65 bits per heavy atom. The van der Waals surface area contributed by atoms with Crippen LogP contribution in [0.3, 0.4) is 0 Å². The molecule has 0 spiro atoms. The number of Topliss-reactive ketones (excluding diaryl/α,β-unsaturated/α-hetero) is 1. The first-order valence-electron chi connectivity index (χ1n) is 7.52. The van der Waals surface area contributed by atoms with Crippen LogP contribution in [0.2, 0.25) is 0 Å². The number of hydrogen-bond donors (Lipinski definition) is 2. The predicted molar refractivity (Wildman–Crippen MR) is 82.9 cm³/mol. The molecule has 1 unspecified atom stereocenters. The number of carbonyl (C=O) groups excluding carboxylic acids is 1. The first-order chi connectivity index (χ1) is 10.9. The lowest BCUT2D eigenvalue weighted by molar-refractivity contribution is -0.172. The SMILES string of the molecule is CCC(CC)C(COCc1ccccc1)(C(=O)O)C(=O)C(=O)O. The summed E-state index contributed by atoms with van der Waals surface area (Å²) in [6.07, 6.45) is 0.743. The van der Waals surface area contributed by atoms with E-state index < -0.39 is 35.7 Å². The molecule has 6 heteroatoms. The maximum atomic E-state index is 12.1. The fraction of sp³-hybridized carbons (Fsp3) is 0.471. The number of carbonyl (C=O) groups is 3. The summed E-state index contributed by atoms with van der Waals surface area (Å²) >= 11 is 0. The summed E-state index contributed by atoms with van der Waals surface area (Å²) in [5, 5.41) is 18.7. The molecule has 1 rings (SSSR count). The fourth-order valence-electron chi connectivity index (χ4n) is 2.78. The normalized spacial score (nSPS) is 13.5. The van der Waals surface area contributed by atoms with E-state index in [1.165, 1.54) is 0 Å². The average Bonchev–Trinajstić information content (AvgIpc) is 2.54. The van der Waals surface area contributed by atoms with Crippen LogP contribution in [0.4, 0.5) is 0 Å². The van der Waals surface area contributed by atoms with Gasteiger partial charge < -0.3 is 14.9 Å². The van der Waals surface area contributed by atoms with Gasteiger partial charge in [0.2, 0.25) is 0 Å². The summed E-state index contributed by atoms with van der Waals surface area (Å²) in [5.41, 5.74) is -1.25. The van der Waals surface area contributed by atoms with Crippen molar-refractivity contribution in [3.63, 3.8) is 0 Å². The number of ketones is 1. The monoisotopic (exact) mass is 322 g/mol. The molecule has 126 valence electrons. The van der Waals surface area contributed by atoms with Crippen LogP contribution in [0.25, 0.3) is 0 Å². The summed E-state index contributed by atoms with van der Waals surface area (Å²) in [6, 6.07) is 9.07. The molecule has 0 aliphatic rings. The van der Waals surface area contributed by atoms with E-state index in [4.69, 9.17) is 9.84 Å². The van der Waals surface area contributed by atoms with Gasteiger partial charge in [-0.1, -0.05) is 57.0 Å². The molecule has 1 aromatic rings. The van der Waals surface area contributed by atoms with Gasteiger partial charge in [-0.3, -0.25) is 9.59 Å². The molecule has 0 saturated carbocycles. The van der Waals surface area contributed by atoms with Gasteiger partial charge in [0.05, 0.1) is 13.2 Å². The first kappa shape index (κ1) is 18.8. The Balaban J connectivity index is 3.04. The van der Waals surface area contributed by atoms with Gasteiger partial charge in [-0.15, -0.1) is 0 Å². The standard InChI is InChI=1S/C17H22O6/c1-3-13(4-2)17(16(21)22,14(18)15(19)20)11-23-10-12-8-6-5-7-9-12/h5-9,13H,3-4,10-11H2,1-2H3,(H,19,20)(H,21,22). The Morgan fingerprint density at radius 1 is 1.09 bits per heavy atom. The second-order valence-corrected chi connectivity index (χ2v) is 5.40. The summed E-state index contributed by atoms with van der Waals surface area (Å²) in [7, 11) is 0. The number of ether oxygens (including phenoxy) is 1. The van der Waals surface area contributed by atoms with Crippen LogP contribution in [0.15, 0.2) is 30.3 Å². The Bertz CT molecular complexity index is 549. The van der Waals surface area contributed by atoms with E-state index in [2.05, 4.69) is 0 Å². The van der Waals surface area contributed by atoms with Gasteiger partial charge in [0.15, 0.2) is 5.41 Å². The zero-order valence-electron chi connectivity index (χ0n) is 13.3. The Labute approximate surface area is 135 Å². The van der Waals surface area contributed by atoms with Crippen LogP contribution in [0.5, 0.6) is 0 Å². The predicted octanol–water partition coefficient (Wildman–Crippen LogP) is 2.36. The number of benzene rings is 1. The molecular formula is C17H22O6. The van der Waals surface area contributed by atoms with Gasteiger partial charge in [-0.05, 0) is 11.5 Å². The molecule has 0 saturated heterocycles. The maximum Gasteiger partial charge on any atom is 0.373 e. The Kier molecular flexibility index (Phi) is 6.90. The highest BCUT2D eigenvalue weighted by Gasteiger charge is 2.54. The van der Waals surface area contributed by atoms with Crippen LogP contribution in [0, 0.1) is 11.3 Å². The maximum absolute atomic E-state index is 12.1. The fourth-order valence-corrected chi connectivity index (χ4v) is 2.78. The number of rotatable bonds is 10. The molecule has 6 nitrogen and oxygen atoms in total. The third kappa shape index (κ3) is 4.16. The van der Waals surface area contributed by atoms with Crippen molar-refractivity contribution in [2.75, 3.05) is 6.61 Å². The van der Waals surface area contributed by atoms with Crippen molar-refractivity contribution in [1.29, 1.82) is 0 Å². The smallest absolute Gasteiger partial charge is 0.373 e. The van der Waals surface area contributed by atoms with Crippen LogP contribution < -0.4 is 0 Å². The molecule has 0 bridgehead atoms. The van der Waals surface area contributed by atoms with E-state index in [1.807, 2.05) is 18.2 Å². The summed E-state index contributed by atoms with van der Waals surface area (Å²) in [6.45, 7) is 3.12. The minimum Gasteiger partial charge on any atom is -0.480 e. The van der Waals surface area contributed by atoms with Gasteiger partial charge in [0.1, 0.15) is 0 Å². The molecule has 0 radical (unpaired) electrons. The number of aliphatic carboxylic acids is 2. The van der Waals surface area contributed by atoms with Crippen LogP contribution >= 0.6 is 0 Å². The molecule has 0 aromatic heterocycles. The molecule has 0 heterocycles. The van der Waals surface area contributed by atoms with E-state index in [9.17, 15) is 19.5 Å². The molecule has 0 aliphatic carbocycles. The molecule has 1 atom stereocenters. The molecule has 0 fully saturated rings. The van der Waals surface area contributed by atoms with E-state index in [0.717, 1.165) is 5.56 Å². The highest BCUT2D eigenvalue weighted by atomic mass is 16.5. The molecule has 2 N–H and O–H groups in total. The summed E-state index contributed by atoms with van der Waals surface area (Å²) in [5.74, 6) is -5.14. The van der Waals surface area contributed by atoms with Gasteiger partial charge in [0, 0.05) is 0 Å². The third-order valence-electron chi connectivity index (χ3n) is 4.10. The van der Waals surface area contributed by atoms with Crippen molar-refractivity contribution < 1.29 is 29.3 Å². The van der Waals surface area contributed by atoms with E-state index >= 15 is 0 Å². The molecule has 0 amide bonds. The van der Waals surface area contributed by atoms with Gasteiger partial charge in [-0.2, -0.15) is 0 Å². The quantitative estimate of drug-likeness (QED) is 0.506. The van der Waals surface area contributed by atoms with Crippen LogP contribution in [-0.2, 0) is 25.7 Å². The van der Waals surface area contributed by atoms with Gasteiger partial charge in [0.25, 0.3) is 5.78 Å². The van der Waals surface area contributed by atoms with Crippen molar-refractivity contribution in [1.82, 2.24) is 0 Å². The summed E-state index contributed by atoms with van der Waals surface area (Å²) < 4.78 is 5.44. The molecular weight excluding hydrogens is 300 g/mol. The Morgan fingerprint density at radius 3 is 2.09 bits per heavy atom. The second-order valence-electron chi connectivity index (χ2n) is 5.40. The third-order valence-corrected chi connectivity index (χ3v) is 4.10. The molecule has 1 aromatic carbocycles.